The molecule has 0 radical (unpaired) electrons. The van der Waals surface area contributed by atoms with Gasteiger partial charge in [-0.25, -0.2) is 0 Å². The minimum Gasteiger partial charge on any atom is -0.153 e. The Morgan fingerprint density at radius 3 is 2.20 bits per heavy atom. The van der Waals surface area contributed by atoms with Crippen LogP contribution in [0, 0.1) is 0 Å². The molecule has 0 spiro atoms. The van der Waals surface area contributed by atoms with Crippen LogP contribution < -0.4 is 0 Å². The molecule has 1 rings (SSSR count). The second-order valence-corrected chi connectivity index (χ2v) is 1.96. The summed E-state index contributed by atoms with van der Waals surface area (Å²) in [5.41, 5.74) is 2.64. The number of benzene rings is 1. The van der Waals surface area contributed by atoms with E-state index in [1.54, 1.807) is 0 Å². The Hall–Kier alpha value is -0.320. The third kappa shape index (κ3) is 3.00. The summed E-state index contributed by atoms with van der Waals surface area (Å²) in [5, 5.41) is 0. The van der Waals surface area contributed by atoms with Crippen molar-refractivity contribution < 1.29 is 0 Å². The lowest BCUT2D eigenvalue weighted by Gasteiger charge is -1.86. The zero-order valence-corrected chi connectivity index (χ0v) is 7.80. The van der Waals surface area contributed by atoms with Crippen molar-refractivity contribution in [3.8, 4) is 0 Å². The fourth-order valence-electron chi connectivity index (χ4n) is 0.637. The van der Waals surface area contributed by atoms with Gasteiger partial charge in [0.25, 0.3) is 0 Å². The molecule has 0 amide bonds. The Labute approximate surface area is 69.5 Å². The van der Waals surface area contributed by atoms with Crippen molar-refractivity contribution in [3.05, 3.63) is 41.4 Å². The first-order valence-electron chi connectivity index (χ1n) is 2.75. The van der Waals surface area contributed by atoms with E-state index >= 15 is 0 Å². The van der Waals surface area contributed by atoms with E-state index in [1.165, 1.54) is 5.54 Å². The van der Waals surface area contributed by atoms with Crippen LogP contribution in [0.15, 0.2) is 35.9 Å². The second-order valence-electron chi connectivity index (χ2n) is 1.70. The van der Waals surface area contributed by atoms with E-state index < -0.39 is 0 Å². The third-order valence-corrected chi connectivity index (χ3v) is 1.18. The van der Waals surface area contributed by atoms with Crippen LogP contribution in [0.25, 0.3) is 6.08 Å². The van der Waals surface area contributed by atoms with Gasteiger partial charge >= 0.3 is 0 Å². The predicted octanol–water partition coefficient (Wildman–Crippen LogP) is 2.95. The van der Waals surface area contributed by atoms with Crippen molar-refractivity contribution in [1.29, 1.82) is 0 Å². The minimum absolute atomic E-state index is 0. The molecule has 0 nitrogen and oxygen atoms in total. The van der Waals surface area contributed by atoms with Gasteiger partial charge in [0.15, 0.2) is 0 Å². The molecule has 1 aromatic rings. The standard InChI is InChI=1S/C8H7Cl.H3P/c9-7-6-8-4-2-1-3-5-8;/h1-7H;1H3. The van der Waals surface area contributed by atoms with Gasteiger partial charge in [-0.2, -0.15) is 9.90 Å². The SMILES string of the molecule is ClC=Cc1ccccc1.P. The molecule has 1 unspecified atom stereocenters. The molecule has 0 aliphatic heterocycles. The van der Waals surface area contributed by atoms with Crippen molar-refractivity contribution in [3.63, 3.8) is 0 Å². The zero-order chi connectivity index (χ0) is 6.53. The molecule has 2 heteroatoms. The van der Waals surface area contributed by atoms with E-state index in [0.717, 1.165) is 5.56 Å². The van der Waals surface area contributed by atoms with Gasteiger partial charge < -0.3 is 0 Å². The first kappa shape index (κ1) is 9.68. The van der Waals surface area contributed by atoms with Gasteiger partial charge in [-0.15, -0.1) is 0 Å². The van der Waals surface area contributed by atoms with Gasteiger partial charge in [-0.3, -0.25) is 0 Å². The summed E-state index contributed by atoms with van der Waals surface area (Å²) in [4.78, 5) is 0. The Morgan fingerprint density at radius 1 is 1.10 bits per heavy atom. The predicted molar refractivity (Wildman–Crippen MR) is 52.4 cm³/mol. The smallest absolute Gasteiger partial charge is 0.00484 e. The number of rotatable bonds is 1. The van der Waals surface area contributed by atoms with E-state index in [0.29, 0.717) is 0 Å². The Bertz CT molecular complexity index is 194. The fraction of sp³-hybridized carbons (Fsp3) is 0. The second kappa shape index (κ2) is 5.46. The molecule has 0 saturated heterocycles. The van der Waals surface area contributed by atoms with Crippen molar-refractivity contribution in [2.75, 3.05) is 0 Å². The lowest BCUT2D eigenvalue weighted by atomic mass is 10.2. The zero-order valence-electron chi connectivity index (χ0n) is 5.63. The van der Waals surface area contributed by atoms with Crippen LogP contribution in [-0.2, 0) is 0 Å². The van der Waals surface area contributed by atoms with Gasteiger partial charge in [-0.1, -0.05) is 41.9 Å². The Kier molecular flexibility index (Phi) is 5.29. The molecule has 10 heavy (non-hydrogen) atoms. The Morgan fingerprint density at radius 2 is 1.70 bits per heavy atom. The highest BCUT2D eigenvalue weighted by Crippen LogP contribution is 2.00. The molecule has 0 fully saturated rings. The molecule has 0 aliphatic rings. The average Bonchev–Trinajstić information content (AvgIpc) is 1.91. The van der Waals surface area contributed by atoms with Crippen LogP contribution in [0.3, 0.4) is 0 Å². The van der Waals surface area contributed by atoms with Gasteiger partial charge in [-0.05, 0) is 11.6 Å². The van der Waals surface area contributed by atoms with Crippen molar-refractivity contribution in [2.45, 2.75) is 0 Å². The van der Waals surface area contributed by atoms with E-state index in [4.69, 9.17) is 11.6 Å². The quantitative estimate of drug-likeness (QED) is 0.572. The monoisotopic (exact) mass is 172 g/mol. The summed E-state index contributed by atoms with van der Waals surface area (Å²) in [7, 11) is 0. The van der Waals surface area contributed by atoms with E-state index in [2.05, 4.69) is 0 Å². The summed E-state index contributed by atoms with van der Waals surface area (Å²) < 4.78 is 0. The average molecular weight is 173 g/mol. The first-order chi connectivity index (χ1) is 4.43. The highest BCUT2D eigenvalue weighted by atomic mass is 35.5. The highest BCUT2D eigenvalue weighted by Gasteiger charge is 1.78. The molecule has 0 aromatic heterocycles. The van der Waals surface area contributed by atoms with Crippen LogP contribution in [0.1, 0.15) is 5.56 Å². The van der Waals surface area contributed by atoms with Gasteiger partial charge in [0, 0.05) is 5.54 Å². The lowest BCUT2D eigenvalue weighted by molar-refractivity contribution is 1.66. The number of halogens is 1. The maximum atomic E-state index is 5.36. The summed E-state index contributed by atoms with van der Waals surface area (Å²) in [6, 6.07) is 9.93. The molecule has 0 saturated carbocycles. The van der Waals surface area contributed by atoms with E-state index in [1.807, 2.05) is 36.4 Å². The molecule has 0 N–H and O–H groups in total. The largest absolute Gasteiger partial charge is 0.153 e. The molecule has 0 bridgehead atoms. The number of hydrogen-bond donors (Lipinski definition) is 0. The van der Waals surface area contributed by atoms with Crippen molar-refractivity contribution in [1.82, 2.24) is 0 Å². The normalized spacial score (nSPS) is 9.30. The molecular formula is C8H10ClP. The fourth-order valence-corrected chi connectivity index (χ4v) is 0.782. The molecule has 0 heterocycles. The summed E-state index contributed by atoms with van der Waals surface area (Å²) in [6.45, 7) is 0. The van der Waals surface area contributed by atoms with E-state index in [9.17, 15) is 0 Å². The Balaban J connectivity index is 0.000000810. The summed E-state index contributed by atoms with van der Waals surface area (Å²) in [6.07, 6.45) is 1.85. The third-order valence-electron chi connectivity index (χ3n) is 1.06. The van der Waals surface area contributed by atoms with Crippen LogP contribution in [0.5, 0.6) is 0 Å². The van der Waals surface area contributed by atoms with E-state index in [-0.39, 0.29) is 9.90 Å². The number of hydrogen-bond acceptors (Lipinski definition) is 0. The molecule has 1 aromatic carbocycles. The van der Waals surface area contributed by atoms with Crippen LogP contribution in [-0.4, -0.2) is 0 Å². The van der Waals surface area contributed by atoms with Crippen molar-refractivity contribution in [2.24, 2.45) is 0 Å². The summed E-state index contributed by atoms with van der Waals surface area (Å²) >= 11 is 5.36. The topological polar surface area (TPSA) is 0 Å². The van der Waals surface area contributed by atoms with Crippen LogP contribution in [0.4, 0.5) is 0 Å². The van der Waals surface area contributed by atoms with Crippen molar-refractivity contribution >= 4 is 27.6 Å². The maximum absolute atomic E-state index is 5.36. The first-order valence-corrected chi connectivity index (χ1v) is 3.19. The van der Waals surface area contributed by atoms with Gasteiger partial charge in [0.2, 0.25) is 0 Å². The summed E-state index contributed by atoms with van der Waals surface area (Å²) in [5.74, 6) is 0. The highest BCUT2D eigenvalue weighted by molar-refractivity contribution is 6.92. The van der Waals surface area contributed by atoms with Gasteiger partial charge in [0.1, 0.15) is 0 Å². The molecular weight excluding hydrogens is 163 g/mol. The van der Waals surface area contributed by atoms with Gasteiger partial charge in [0.05, 0.1) is 0 Å². The van der Waals surface area contributed by atoms with Crippen LogP contribution in [0.2, 0.25) is 0 Å². The minimum atomic E-state index is 0. The molecule has 54 valence electrons. The molecule has 1 atom stereocenters. The maximum Gasteiger partial charge on any atom is 0.00484 e. The lowest BCUT2D eigenvalue weighted by Crippen LogP contribution is -1.64. The van der Waals surface area contributed by atoms with Crippen LogP contribution >= 0.6 is 21.5 Å². The molecule has 0 aliphatic carbocycles.